The van der Waals surface area contributed by atoms with Crippen LogP contribution in [0.2, 0.25) is 0 Å². The van der Waals surface area contributed by atoms with Gasteiger partial charge in [0.2, 0.25) is 5.91 Å². The van der Waals surface area contributed by atoms with Crippen LogP contribution in [0, 0.1) is 5.82 Å². The molecule has 0 aliphatic heterocycles. The van der Waals surface area contributed by atoms with Gasteiger partial charge in [-0.15, -0.1) is 11.3 Å². The number of halogens is 1. The zero-order chi connectivity index (χ0) is 23.5. The van der Waals surface area contributed by atoms with Crippen LogP contribution in [0.5, 0.6) is 0 Å². The van der Waals surface area contributed by atoms with Crippen molar-refractivity contribution in [1.82, 2.24) is 14.8 Å². The summed E-state index contributed by atoms with van der Waals surface area (Å²) in [7, 11) is 0. The Hall–Kier alpha value is -3.92. The highest BCUT2D eigenvalue weighted by molar-refractivity contribution is 7.14. The van der Waals surface area contributed by atoms with Crippen molar-refractivity contribution in [2.24, 2.45) is 0 Å². The first-order valence-electron chi connectivity index (χ1n) is 10.2. The maximum Gasteiger partial charge on any atom is 0.278 e. The Morgan fingerprint density at radius 1 is 1.12 bits per heavy atom. The molecule has 0 unspecified atom stereocenters. The summed E-state index contributed by atoms with van der Waals surface area (Å²) in [4.78, 5) is 41.1. The summed E-state index contributed by atoms with van der Waals surface area (Å²) in [6.45, 7) is 3.65. The number of aromatic nitrogens is 3. The van der Waals surface area contributed by atoms with Crippen LogP contribution < -0.4 is 16.2 Å². The third-order valence-corrected chi connectivity index (χ3v) is 5.57. The minimum Gasteiger partial charge on any atom is -0.326 e. The van der Waals surface area contributed by atoms with E-state index >= 15 is 0 Å². The van der Waals surface area contributed by atoms with Crippen molar-refractivity contribution in [1.29, 1.82) is 0 Å². The van der Waals surface area contributed by atoms with Gasteiger partial charge in [-0.25, -0.2) is 14.1 Å². The molecule has 0 aliphatic carbocycles. The highest BCUT2D eigenvalue weighted by Crippen LogP contribution is 2.29. The number of fused-ring (bicyclic) bond motifs is 1. The molecule has 0 aliphatic rings. The van der Waals surface area contributed by atoms with Gasteiger partial charge >= 0.3 is 0 Å². The van der Waals surface area contributed by atoms with Crippen LogP contribution in [-0.2, 0) is 11.3 Å². The van der Waals surface area contributed by atoms with E-state index in [1.54, 1.807) is 35.7 Å². The lowest BCUT2D eigenvalue weighted by Crippen LogP contribution is -2.27. The van der Waals surface area contributed by atoms with Gasteiger partial charge in [0.1, 0.15) is 5.82 Å². The number of hydrogen-bond acceptors (Lipinski definition) is 6. The Labute approximate surface area is 192 Å². The Morgan fingerprint density at radius 2 is 1.88 bits per heavy atom. The van der Waals surface area contributed by atoms with Crippen molar-refractivity contribution in [3.05, 3.63) is 69.7 Å². The van der Waals surface area contributed by atoms with Crippen LogP contribution in [-0.4, -0.2) is 26.6 Å². The molecular weight excluding hydrogens is 445 g/mol. The SMILES string of the molecule is CCCn1nc(C(=O)Nc2nc(-c3ccc(NC(C)=O)cc3F)cs2)c2ccccc2c1=O. The average molecular weight is 466 g/mol. The largest absolute Gasteiger partial charge is 0.326 e. The average Bonchev–Trinajstić information content (AvgIpc) is 3.23. The summed E-state index contributed by atoms with van der Waals surface area (Å²) in [6.07, 6.45) is 0.689. The summed E-state index contributed by atoms with van der Waals surface area (Å²) in [5.74, 6) is -1.37. The molecule has 8 nitrogen and oxygen atoms in total. The number of carbonyl (C=O) groups excluding carboxylic acids is 2. The van der Waals surface area contributed by atoms with Crippen LogP contribution in [0.4, 0.5) is 15.2 Å². The lowest BCUT2D eigenvalue weighted by Gasteiger charge is -2.09. The Balaban J connectivity index is 1.62. The highest BCUT2D eigenvalue weighted by atomic mass is 32.1. The summed E-state index contributed by atoms with van der Waals surface area (Å²) in [5, 5.41) is 12.2. The van der Waals surface area contributed by atoms with Gasteiger partial charge in [0.15, 0.2) is 10.8 Å². The first-order valence-corrected chi connectivity index (χ1v) is 11.1. The van der Waals surface area contributed by atoms with Gasteiger partial charge in [-0.05, 0) is 30.7 Å². The topological polar surface area (TPSA) is 106 Å². The van der Waals surface area contributed by atoms with Crippen LogP contribution in [0.25, 0.3) is 22.0 Å². The fourth-order valence-corrected chi connectivity index (χ4v) is 4.09. The molecule has 2 aromatic heterocycles. The van der Waals surface area contributed by atoms with Gasteiger partial charge in [0, 0.05) is 35.5 Å². The number of rotatable bonds is 6. The summed E-state index contributed by atoms with van der Waals surface area (Å²) in [6, 6.07) is 11.1. The molecule has 0 radical (unpaired) electrons. The molecule has 168 valence electrons. The minimum absolute atomic E-state index is 0.112. The zero-order valence-electron chi connectivity index (χ0n) is 17.9. The van der Waals surface area contributed by atoms with E-state index in [0.29, 0.717) is 35.1 Å². The minimum atomic E-state index is -0.552. The van der Waals surface area contributed by atoms with Crippen molar-refractivity contribution in [3.63, 3.8) is 0 Å². The van der Waals surface area contributed by atoms with E-state index in [1.807, 2.05) is 6.92 Å². The van der Waals surface area contributed by atoms with E-state index in [4.69, 9.17) is 0 Å². The molecule has 0 spiro atoms. The highest BCUT2D eigenvalue weighted by Gasteiger charge is 2.18. The Morgan fingerprint density at radius 3 is 2.58 bits per heavy atom. The second-order valence-corrected chi connectivity index (χ2v) is 8.15. The number of aryl methyl sites for hydroxylation is 1. The number of carbonyl (C=O) groups is 2. The second-order valence-electron chi connectivity index (χ2n) is 7.29. The predicted molar refractivity (Wildman–Crippen MR) is 126 cm³/mol. The molecular formula is C23H20FN5O3S. The second kappa shape index (κ2) is 9.29. The third-order valence-electron chi connectivity index (χ3n) is 4.81. The molecule has 0 fully saturated rings. The Bertz CT molecular complexity index is 1430. The molecule has 2 amide bonds. The van der Waals surface area contributed by atoms with Crippen molar-refractivity contribution in [3.8, 4) is 11.3 Å². The van der Waals surface area contributed by atoms with E-state index in [2.05, 4.69) is 20.7 Å². The Kier molecular flexibility index (Phi) is 6.27. The molecule has 0 atom stereocenters. The number of benzene rings is 2. The fraction of sp³-hybridized carbons (Fsp3) is 0.174. The third kappa shape index (κ3) is 4.65. The van der Waals surface area contributed by atoms with Crippen LogP contribution in [0.15, 0.2) is 52.6 Å². The number of anilines is 2. The molecule has 10 heteroatoms. The van der Waals surface area contributed by atoms with E-state index in [-0.39, 0.29) is 27.9 Å². The smallest absolute Gasteiger partial charge is 0.278 e. The maximum atomic E-state index is 14.5. The molecule has 0 bridgehead atoms. The number of amides is 2. The van der Waals surface area contributed by atoms with Gasteiger partial charge in [-0.1, -0.05) is 25.1 Å². The van der Waals surface area contributed by atoms with Gasteiger partial charge in [0.25, 0.3) is 11.5 Å². The van der Waals surface area contributed by atoms with Crippen LogP contribution >= 0.6 is 11.3 Å². The van der Waals surface area contributed by atoms with E-state index in [0.717, 1.165) is 11.3 Å². The van der Waals surface area contributed by atoms with Crippen molar-refractivity contribution in [2.45, 2.75) is 26.8 Å². The van der Waals surface area contributed by atoms with Crippen LogP contribution in [0.3, 0.4) is 0 Å². The summed E-state index contributed by atoms with van der Waals surface area (Å²) in [5.41, 5.74) is 0.782. The molecule has 2 aromatic carbocycles. The molecule has 33 heavy (non-hydrogen) atoms. The monoisotopic (exact) mass is 465 g/mol. The lowest BCUT2D eigenvalue weighted by atomic mass is 10.1. The molecule has 4 rings (SSSR count). The number of nitrogens with one attached hydrogen (secondary N) is 2. The fourth-order valence-electron chi connectivity index (χ4n) is 3.38. The quantitative estimate of drug-likeness (QED) is 0.442. The van der Waals surface area contributed by atoms with Crippen molar-refractivity contribution < 1.29 is 14.0 Å². The van der Waals surface area contributed by atoms with E-state index in [9.17, 15) is 18.8 Å². The van der Waals surface area contributed by atoms with Crippen molar-refractivity contribution >= 4 is 44.7 Å². The standard InChI is InChI=1S/C23H20FN5O3S/c1-3-10-29-22(32)16-7-5-4-6-15(16)20(28-29)21(31)27-23-26-19(12-33-23)17-9-8-14(11-18(17)24)25-13(2)30/h4-9,11-12H,3,10H2,1-2H3,(H,25,30)(H,26,27,31). The lowest BCUT2D eigenvalue weighted by molar-refractivity contribution is -0.114. The first kappa shape index (κ1) is 22.3. The molecule has 0 saturated carbocycles. The summed E-state index contributed by atoms with van der Waals surface area (Å²) < 4.78 is 15.8. The predicted octanol–water partition coefficient (Wildman–Crippen LogP) is 4.28. The summed E-state index contributed by atoms with van der Waals surface area (Å²) >= 11 is 1.14. The zero-order valence-corrected chi connectivity index (χ0v) is 18.7. The van der Waals surface area contributed by atoms with E-state index < -0.39 is 11.7 Å². The van der Waals surface area contributed by atoms with Gasteiger partial charge in [0.05, 0.1) is 11.1 Å². The van der Waals surface area contributed by atoms with Gasteiger partial charge in [-0.3, -0.25) is 19.7 Å². The molecule has 2 N–H and O–H groups in total. The number of nitrogens with zero attached hydrogens (tertiary/aromatic N) is 3. The van der Waals surface area contributed by atoms with Gasteiger partial charge in [-0.2, -0.15) is 5.10 Å². The first-order chi connectivity index (χ1) is 15.9. The molecule has 0 saturated heterocycles. The normalized spacial score (nSPS) is 10.9. The maximum absolute atomic E-state index is 14.5. The number of thiazole rings is 1. The van der Waals surface area contributed by atoms with E-state index in [1.165, 1.54) is 23.7 Å². The van der Waals surface area contributed by atoms with Crippen molar-refractivity contribution in [2.75, 3.05) is 10.6 Å². The van der Waals surface area contributed by atoms with Gasteiger partial charge < -0.3 is 5.32 Å². The molecule has 2 heterocycles. The molecule has 4 aromatic rings. The number of hydrogen-bond donors (Lipinski definition) is 2. The van der Waals surface area contributed by atoms with Crippen LogP contribution in [0.1, 0.15) is 30.8 Å².